The van der Waals surface area contributed by atoms with Gasteiger partial charge < -0.3 is 15.2 Å². The van der Waals surface area contributed by atoms with Crippen LogP contribution in [0.25, 0.3) is 0 Å². The Labute approximate surface area is 88.7 Å². The van der Waals surface area contributed by atoms with Gasteiger partial charge in [0, 0.05) is 31.4 Å². The lowest BCUT2D eigenvalue weighted by molar-refractivity contribution is 0.0596. The predicted octanol–water partition coefficient (Wildman–Crippen LogP) is 0.606. The summed E-state index contributed by atoms with van der Waals surface area (Å²) in [5.41, 5.74) is 6.49. The molecule has 3 rings (SSSR count). The van der Waals surface area contributed by atoms with E-state index in [-0.39, 0.29) is 11.9 Å². The van der Waals surface area contributed by atoms with E-state index in [4.69, 9.17) is 5.73 Å². The van der Waals surface area contributed by atoms with Crippen LogP contribution in [0.4, 0.5) is 0 Å². The molecule has 2 N–H and O–H groups in total. The summed E-state index contributed by atoms with van der Waals surface area (Å²) in [6.07, 6.45) is 4.41. The molecule has 0 atom stereocenters. The van der Waals surface area contributed by atoms with Crippen molar-refractivity contribution < 1.29 is 4.79 Å². The molecule has 1 saturated heterocycles. The van der Waals surface area contributed by atoms with Crippen molar-refractivity contribution in [3.8, 4) is 0 Å². The smallest absolute Gasteiger partial charge is 0.270 e. The molecule has 1 aromatic rings. The normalized spacial score (nSPS) is 21.5. The van der Waals surface area contributed by atoms with E-state index in [0.717, 1.165) is 5.69 Å². The van der Waals surface area contributed by atoms with E-state index in [1.807, 2.05) is 23.2 Å². The topological polar surface area (TPSA) is 51.3 Å². The molecule has 2 fully saturated rings. The molecule has 0 aromatic carbocycles. The molecule has 2 heterocycles. The summed E-state index contributed by atoms with van der Waals surface area (Å²) in [4.78, 5) is 13.9. The maximum atomic E-state index is 12.0. The summed E-state index contributed by atoms with van der Waals surface area (Å²) in [5, 5.41) is 0. The first-order valence-corrected chi connectivity index (χ1v) is 5.47. The van der Waals surface area contributed by atoms with E-state index in [2.05, 4.69) is 4.57 Å². The van der Waals surface area contributed by atoms with Gasteiger partial charge in [0.25, 0.3) is 5.91 Å². The van der Waals surface area contributed by atoms with Gasteiger partial charge in [0.05, 0.1) is 0 Å². The van der Waals surface area contributed by atoms with Crippen LogP contribution in [0, 0.1) is 0 Å². The van der Waals surface area contributed by atoms with Gasteiger partial charge in [0.2, 0.25) is 0 Å². The van der Waals surface area contributed by atoms with E-state index in [1.54, 1.807) is 0 Å². The van der Waals surface area contributed by atoms with Crippen molar-refractivity contribution in [2.24, 2.45) is 5.73 Å². The number of likely N-dealkylation sites (tertiary alicyclic amines) is 1. The maximum Gasteiger partial charge on any atom is 0.270 e. The number of amides is 1. The first-order chi connectivity index (χ1) is 7.25. The molecule has 15 heavy (non-hydrogen) atoms. The van der Waals surface area contributed by atoms with Gasteiger partial charge in [-0.3, -0.25) is 4.79 Å². The Morgan fingerprint density at radius 2 is 2.13 bits per heavy atom. The quantitative estimate of drug-likeness (QED) is 0.769. The van der Waals surface area contributed by atoms with Gasteiger partial charge in [0.1, 0.15) is 5.69 Å². The third kappa shape index (κ3) is 1.45. The van der Waals surface area contributed by atoms with Gasteiger partial charge >= 0.3 is 0 Å². The predicted molar refractivity (Wildman–Crippen MR) is 56.6 cm³/mol. The lowest BCUT2D eigenvalue weighted by atomic mass is 10.1. The van der Waals surface area contributed by atoms with Gasteiger partial charge in [-0.2, -0.15) is 0 Å². The van der Waals surface area contributed by atoms with Crippen LogP contribution in [0.1, 0.15) is 29.4 Å². The molecule has 0 bridgehead atoms. The molecule has 0 spiro atoms. The molecule has 0 unspecified atom stereocenters. The SMILES string of the molecule is NC1CN(C(=O)c2cccn2C2CC2)C1. The Hall–Kier alpha value is -1.29. The van der Waals surface area contributed by atoms with Crippen molar-refractivity contribution in [3.05, 3.63) is 24.0 Å². The second kappa shape index (κ2) is 3.10. The first kappa shape index (κ1) is 8.97. The van der Waals surface area contributed by atoms with Gasteiger partial charge in [0.15, 0.2) is 0 Å². The van der Waals surface area contributed by atoms with Crippen LogP contribution in [0.3, 0.4) is 0 Å². The molecule has 4 nitrogen and oxygen atoms in total. The van der Waals surface area contributed by atoms with Gasteiger partial charge in [-0.1, -0.05) is 0 Å². The number of aromatic nitrogens is 1. The zero-order valence-electron chi connectivity index (χ0n) is 8.60. The zero-order chi connectivity index (χ0) is 10.4. The maximum absolute atomic E-state index is 12.0. The average molecular weight is 205 g/mol. The van der Waals surface area contributed by atoms with Crippen LogP contribution in [0.5, 0.6) is 0 Å². The van der Waals surface area contributed by atoms with Crippen LogP contribution in [-0.2, 0) is 0 Å². The molecule has 1 aromatic heterocycles. The minimum atomic E-state index is 0.133. The number of nitrogens with zero attached hydrogens (tertiary/aromatic N) is 2. The van der Waals surface area contributed by atoms with Crippen LogP contribution >= 0.6 is 0 Å². The van der Waals surface area contributed by atoms with E-state index in [9.17, 15) is 4.79 Å². The summed E-state index contributed by atoms with van der Waals surface area (Å²) in [7, 11) is 0. The fourth-order valence-electron chi connectivity index (χ4n) is 2.09. The molecule has 1 aliphatic carbocycles. The Balaban J connectivity index is 1.79. The number of nitrogens with two attached hydrogens (primary N) is 1. The van der Waals surface area contributed by atoms with Gasteiger partial charge in [-0.05, 0) is 25.0 Å². The molecular formula is C11H15N3O. The fourth-order valence-corrected chi connectivity index (χ4v) is 2.09. The van der Waals surface area contributed by atoms with Crippen molar-refractivity contribution in [2.45, 2.75) is 24.9 Å². The highest BCUT2D eigenvalue weighted by Gasteiger charge is 2.32. The largest absolute Gasteiger partial charge is 0.340 e. The van der Waals surface area contributed by atoms with Crippen LogP contribution in [-0.4, -0.2) is 34.5 Å². The molecule has 1 saturated carbocycles. The van der Waals surface area contributed by atoms with Crippen LogP contribution in [0.2, 0.25) is 0 Å². The number of rotatable bonds is 2. The highest BCUT2D eigenvalue weighted by atomic mass is 16.2. The van der Waals surface area contributed by atoms with Gasteiger partial charge in [-0.25, -0.2) is 0 Å². The zero-order valence-corrected chi connectivity index (χ0v) is 8.60. The van der Waals surface area contributed by atoms with Crippen molar-refractivity contribution in [1.29, 1.82) is 0 Å². The van der Waals surface area contributed by atoms with E-state index >= 15 is 0 Å². The van der Waals surface area contributed by atoms with Crippen LogP contribution < -0.4 is 5.73 Å². The van der Waals surface area contributed by atoms with E-state index in [0.29, 0.717) is 19.1 Å². The molecular weight excluding hydrogens is 190 g/mol. The summed E-state index contributed by atoms with van der Waals surface area (Å²) in [6.45, 7) is 1.41. The standard InChI is InChI=1S/C11H15N3O/c12-8-6-13(7-8)11(15)10-2-1-5-14(10)9-3-4-9/h1-2,5,8-9H,3-4,6-7,12H2. The molecule has 4 heteroatoms. The Bertz CT molecular complexity index is 388. The lowest BCUT2D eigenvalue weighted by Crippen LogP contribution is -2.58. The van der Waals surface area contributed by atoms with Crippen molar-refractivity contribution in [2.75, 3.05) is 13.1 Å². The Morgan fingerprint density at radius 1 is 1.40 bits per heavy atom. The minimum Gasteiger partial charge on any atom is -0.340 e. The second-order valence-electron chi connectivity index (χ2n) is 4.50. The molecule has 1 aliphatic heterocycles. The summed E-state index contributed by atoms with van der Waals surface area (Å²) in [6, 6.07) is 4.60. The molecule has 1 amide bonds. The van der Waals surface area contributed by atoms with Crippen LogP contribution in [0.15, 0.2) is 18.3 Å². The van der Waals surface area contributed by atoms with Crippen molar-refractivity contribution in [1.82, 2.24) is 9.47 Å². The lowest BCUT2D eigenvalue weighted by Gasteiger charge is -2.36. The monoisotopic (exact) mass is 205 g/mol. The highest BCUT2D eigenvalue weighted by Crippen LogP contribution is 2.36. The average Bonchev–Trinajstić information content (AvgIpc) is 2.91. The van der Waals surface area contributed by atoms with E-state index in [1.165, 1.54) is 12.8 Å². The van der Waals surface area contributed by atoms with E-state index < -0.39 is 0 Å². The highest BCUT2D eigenvalue weighted by molar-refractivity contribution is 5.93. The Morgan fingerprint density at radius 3 is 2.73 bits per heavy atom. The minimum absolute atomic E-state index is 0.133. The third-order valence-electron chi connectivity index (χ3n) is 3.14. The molecule has 80 valence electrons. The second-order valence-corrected chi connectivity index (χ2v) is 4.50. The molecule has 0 radical (unpaired) electrons. The molecule has 2 aliphatic rings. The number of carbonyl (C=O) groups is 1. The summed E-state index contributed by atoms with van der Waals surface area (Å²) >= 11 is 0. The Kier molecular flexibility index (Phi) is 1.85. The van der Waals surface area contributed by atoms with Gasteiger partial charge in [-0.15, -0.1) is 0 Å². The summed E-state index contributed by atoms with van der Waals surface area (Å²) < 4.78 is 2.10. The van der Waals surface area contributed by atoms with Crippen molar-refractivity contribution in [3.63, 3.8) is 0 Å². The first-order valence-electron chi connectivity index (χ1n) is 5.47. The number of hydrogen-bond acceptors (Lipinski definition) is 2. The number of hydrogen-bond donors (Lipinski definition) is 1. The number of carbonyl (C=O) groups excluding carboxylic acids is 1. The third-order valence-corrected chi connectivity index (χ3v) is 3.14. The van der Waals surface area contributed by atoms with Crippen molar-refractivity contribution >= 4 is 5.91 Å². The summed E-state index contributed by atoms with van der Waals surface area (Å²) in [5.74, 6) is 0.133. The fraction of sp³-hybridized carbons (Fsp3) is 0.545.